The maximum Gasteiger partial charge on any atom is 0.246 e. The molecule has 1 aliphatic heterocycles. The Balaban J connectivity index is 2.13. The lowest BCUT2D eigenvalue weighted by atomic mass is 10.1. The van der Waals surface area contributed by atoms with Crippen LogP contribution in [0, 0.1) is 5.92 Å². The molecule has 1 fully saturated rings. The molecule has 0 atom stereocenters. The molecule has 1 heterocycles. The molecule has 0 bridgehead atoms. The van der Waals surface area contributed by atoms with Crippen LogP contribution >= 0.6 is 11.6 Å². The van der Waals surface area contributed by atoms with Crippen molar-refractivity contribution in [2.45, 2.75) is 25.2 Å². The number of methoxy groups -OCH3 is 1. The van der Waals surface area contributed by atoms with Gasteiger partial charge in [0.05, 0.1) is 7.11 Å². The van der Waals surface area contributed by atoms with Crippen LogP contribution in [0.4, 0.5) is 0 Å². The number of amides is 1. The lowest BCUT2D eigenvalue weighted by Crippen LogP contribution is -2.50. The average molecular weight is 375 g/mol. The minimum Gasteiger partial charge on any atom is -0.495 e. The zero-order valence-corrected chi connectivity index (χ0v) is 15.7. The number of hydrogen-bond donors (Lipinski definition) is 0. The van der Waals surface area contributed by atoms with Gasteiger partial charge in [0.1, 0.15) is 10.6 Å². The smallest absolute Gasteiger partial charge is 0.246 e. The fourth-order valence-corrected chi connectivity index (χ4v) is 4.49. The van der Waals surface area contributed by atoms with Crippen molar-refractivity contribution in [1.82, 2.24) is 9.21 Å². The summed E-state index contributed by atoms with van der Waals surface area (Å²) in [5, 5.41) is 0.333. The van der Waals surface area contributed by atoms with E-state index in [2.05, 4.69) is 0 Å². The molecule has 0 aliphatic carbocycles. The lowest BCUT2D eigenvalue weighted by molar-refractivity contribution is -0.133. The van der Waals surface area contributed by atoms with E-state index in [-0.39, 0.29) is 35.6 Å². The second-order valence-electron chi connectivity index (χ2n) is 6.18. The maximum atomic E-state index is 12.9. The number of ether oxygens (including phenoxy) is 1. The van der Waals surface area contributed by atoms with Crippen LogP contribution in [0.5, 0.6) is 5.75 Å². The average Bonchev–Trinajstić information content (AvgIpc) is 2.54. The minimum absolute atomic E-state index is 0.0551. The zero-order chi connectivity index (χ0) is 17.9. The summed E-state index contributed by atoms with van der Waals surface area (Å²) in [5.74, 6) is 0.620. The summed E-state index contributed by atoms with van der Waals surface area (Å²) < 4.78 is 32.2. The summed E-state index contributed by atoms with van der Waals surface area (Å²) in [4.78, 5) is 13.9. The summed E-state index contributed by atoms with van der Waals surface area (Å²) >= 11 is 5.94. The molecule has 1 aromatic carbocycles. The molecule has 0 N–H and O–H groups in total. The van der Waals surface area contributed by atoms with Gasteiger partial charge in [-0.25, -0.2) is 8.42 Å². The van der Waals surface area contributed by atoms with Crippen molar-refractivity contribution in [2.75, 3.05) is 33.3 Å². The molecule has 6 nitrogen and oxygen atoms in total. The number of benzene rings is 1. The van der Waals surface area contributed by atoms with Crippen molar-refractivity contribution in [2.24, 2.45) is 5.92 Å². The van der Waals surface area contributed by atoms with Gasteiger partial charge in [0.2, 0.25) is 15.9 Å². The quantitative estimate of drug-likeness (QED) is 0.792. The number of piperazine rings is 1. The van der Waals surface area contributed by atoms with Gasteiger partial charge in [0, 0.05) is 37.6 Å². The van der Waals surface area contributed by atoms with E-state index in [1.165, 1.54) is 23.5 Å². The van der Waals surface area contributed by atoms with Gasteiger partial charge in [-0.05, 0) is 24.1 Å². The first kappa shape index (κ1) is 19.0. The third kappa shape index (κ3) is 4.20. The van der Waals surface area contributed by atoms with Crippen molar-refractivity contribution in [3.8, 4) is 5.75 Å². The molecule has 1 saturated heterocycles. The maximum absolute atomic E-state index is 12.9. The molecule has 0 aromatic heterocycles. The number of rotatable bonds is 5. The molecular weight excluding hydrogens is 352 g/mol. The minimum atomic E-state index is -3.71. The van der Waals surface area contributed by atoms with Crippen LogP contribution in [0.15, 0.2) is 23.1 Å². The monoisotopic (exact) mass is 374 g/mol. The Morgan fingerprint density at radius 1 is 1.25 bits per heavy atom. The molecule has 1 amide bonds. The summed E-state index contributed by atoms with van der Waals surface area (Å²) in [7, 11) is -2.29. The molecule has 8 heteroatoms. The fraction of sp³-hybridized carbons (Fsp3) is 0.562. The Labute approximate surface area is 148 Å². The SMILES string of the molecule is COc1ccc(Cl)cc1S(=O)(=O)N1CCN(C(=O)CC(C)C)CC1. The van der Waals surface area contributed by atoms with Gasteiger partial charge in [-0.15, -0.1) is 0 Å². The first-order valence-corrected chi connectivity index (χ1v) is 9.69. The topological polar surface area (TPSA) is 66.9 Å². The standard InChI is InChI=1S/C16H23ClN2O4S/c1-12(2)10-16(20)18-6-8-19(9-7-18)24(21,22)15-11-13(17)4-5-14(15)23-3/h4-5,11-12H,6-10H2,1-3H3. The van der Waals surface area contributed by atoms with E-state index < -0.39 is 10.0 Å². The normalized spacial score (nSPS) is 16.5. The number of halogens is 1. The zero-order valence-electron chi connectivity index (χ0n) is 14.2. The Morgan fingerprint density at radius 2 is 1.88 bits per heavy atom. The van der Waals surface area contributed by atoms with Crippen LogP contribution in [0.3, 0.4) is 0 Å². The Hall–Kier alpha value is -1.31. The molecule has 2 rings (SSSR count). The summed E-state index contributed by atoms with van der Waals surface area (Å²) in [5.41, 5.74) is 0. The van der Waals surface area contributed by atoms with Gasteiger partial charge in [0.25, 0.3) is 0 Å². The number of nitrogens with zero attached hydrogens (tertiary/aromatic N) is 2. The van der Waals surface area contributed by atoms with E-state index in [0.717, 1.165) is 0 Å². The number of hydrogen-bond acceptors (Lipinski definition) is 4. The Kier molecular flexibility index (Phi) is 6.11. The highest BCUT2D eigenvalue weighted by Gasteiger charge is 2.32. The third-order valence-corrected chi connectivity index (χ3v) is 6.07. The first-order valence-electron chi connectivity index (χ1n) is 7.87. The summed E-state index contributed by atoms with van der Waals surface area (Å²) in [6, 6.07) is 4.52. The van der Waals surface area contributed by atoms with E-state index >= 15 is 0 Å². The first-order chi connectivity index (χ1) is 11.3. The highest BCUT2D eigenvalue weighted by Crippen LogP contribution is 2.30. The van der Waals surface area contributed by atoms with Gasteiger partial charge in [-0.1, -0.05) is 25.4 Å². The van der Waals surface area contributed by atoms with E-state index in [0.29, 0.717) is 24.5 Å². The van der Waals surface area contributed by atoms with E-state index in [4.69, 9.17) is 16.3 Å². The largest absolute Gasteiger partial charge is 0.495 e. The van der Waals surface area contributed by atoms with Crippen molar-refractivity contribution in [3.05, 3.63) is 23.2 Å². The van der Waals surface area contributed by atoms with Gasteiger partial charge < -0.3 is 9.64 Å². The van der Waals surface area contributed by atoms with E-state index in [1.54, 1.807) is 11.0 Å². The van der Waals surface area contributed by atoms with Gasteiger partial charge >= 0.3 is 0 Å². The van der Waals surface area contributed by atoms with Crippen LogP contribution in [0.1, 0.15) is 20.3 Å². The van der Waals surface area contributed by atoms with E-state index in [1.807, 2.05) is 13.8 Å². The van der Waals surface area contributed by atoms with Crippen molar-refractivity contribution < 1.29 is 17.9 Å². The Bertz CT molecular complexity index is 698. The Morgan fingerprint density at radius 3 is 2.42 bits per heavy atom. The molecular formula is C16H23ClN2O4S. The molecule has 24 heavy (non-hydrogen) atoms. The molecule has 0 saturated carbocycles. The fourth-order valence-electron chi connectivity index (χ4n) is 2.65. The van der Waals surface area contributed by atoms with Crippen LogP contribution < -0.4 is 4.74 Å². The lowest BCUT2D eigenvalue weighted by Gasteiger charge is -2.34. The highest BCUT2D eigenvalue weighted by atomic mass is 35.5. The second kappa shape index (κ2) is 7.72. The highest BCUT2D eigenvalue weighted by molar-refractivity contribution is 7.89. The van der Waals surface area contributed by atoms with E-state index in [9.17, 15) is 13.2 Å². The number of sulfonamides is 1. The predicted octanol–water partition coefficient (Wildman–Crippen LogP) is 2.23. The molecule has 0 radical (unpaired) electrons. The van der Waals surface area contributed by atoms with Crippen molar-refractivity contribution >= 4 is 27.5 Å². The summed E-state index contributed by atoms with van der Waals surface area (Å²) in [6.07, 6.45) is 0.481. The van der Waals surface area contributed by atoms with Gasteiger partial charge in [-0.2, -0.15) is 4.31 Å². The van der Waals surface area contributed by atoms with Crippen LogP contribution in [0.2, 0.25) is 5.02 Å². The van der Waals surface area contributed by atoms with Crippen molar-refractivity contribution in [3.63, 3.8) is 0 Å². The molecule has 1 aliphatic rings. The van der Waals surface area contributed by atoms with Crippen LogP contribution in [-0.4, -0.2) is 56.8 Å². The molecule has 0 unspecified atom stereocenters. The van der Waals surface area contributed by atoms with Crippen LogP contribution in [0.25, 0.3) is 0 Å². The van der Waals surface area contributed by atoms with Crippen LogP contribution in [-0.2, 0) is 14.8 Å². The molecule has 134 valence electrons. The summed E-state index contributed by atoms with van der Waals surface area (Å²) in [6.45, 7) is 5.30. The van der Waals surface area contributed by atoms with Crippen molar-refractivity contribution in [1.29, 1.82) is 0 Å². The third-order valence-electron chi connectivity index (χ3n) is 3.92. The second-order valence-corrected chi connectivity index (χ2v) is 8.52. The molecule has 1 aromatic rings. The van der Waals surface area contributed by atoms with Gasteiger partial charge in [-0.3, -0.25) is 4.79 Å². The molecule has 0 spiro atoms. The number of carbonyl (C=O) groups is 1. The van der Waals surface area contributed by atoms with Gasteiger partial charge in [0.15, 0.2) is 0 Å². The number of carbonyl (C=O) groups excluding carboxylic acids is 1. The predicted molar refractivity (Wildman–Crippen MR) is 92.8 cm³/mol.